The van der Waals surface area contributed by atoms with Gasteiger partial charge in [0.05, 0.1) is 10.0 Å². The number of phenols is 1. The van der Waals surface area contributed by atoms with Crippen molar-refractivity contribution < 1.29 is 13.5 Å². The second-order valence-corrected chi connectivity index (χ2v) is 10.8. The number of piperazine rings is 1. The molecule has 4 rings (SSSR count). The van der Waals surface area contributed by atoms with Crippen molar-refractivity contribution in [2.24, 2.45) is 0 Å². The molecule has 30 heavy (non-hydrogen) atoms. The van der Waals surface area contributed by atoms with Crippen LogP contribution in [-0.2, 0) is 16.6 Å². The molecular formula is C21H19BrCl2N2O3S. The Morgan fingerprint density at radius 2 is 1.60 bits per heavy atom. The van der Waals surface area contributed by atoms with Crippen molar-refractivity contribution in [3.05, 3.63) is 68.6 Å². The predicted molar refractivity (Wildman–Crippen MR) is 124 cm³/mol. The molecule has 0 atom stereocenters. The van der Waals surface area contributed by atoms with E-state index in [4.69, 9.17) is 23.2 Å². The molecule has 0 aliphatic carbocycles. The van der Waals surface area contributed by atoms with Gasteiger partial charge in [0.15, 0.2) is 0 Å². The molecule has 158 valence electrons. The molecular weight excluding hydrogens is 511 g/mol. The fourth-order valence-electron chi connectivity index (χ4n) is 3.75. The van der Waals surface area contributed by atoms with E-state index in [2.05, 4.69) is 20.8 Å². The lowest BCUT2D eigenvalue weighted by molar-refractivity contribution is 0.180. The highest BCUT2D eigenvalue weighted by Crippen LogP contribution is 2.35. The summed E-state index contributed by atoms with van der Waals surface area (Å²) in [5.41, 5.74) is 0.850. The Labute approximate surface area is 194 Å². The minimum atomic E-state index is -3.81. The summed E-state index contributed by atoms with van der Waals surface area (Å²) in [7, 11) is -3.81. The third kappa shape index (κ3) is 4.20. The Hall–Kier alpha value is -1.35. The van der Waals surface area contributed by atoms with E-state index in [1.165, 1.54) is 16.4 Å². The predicted octanol–water partition coefficient (Wildman–Crippen LogP) is 5.12. The van der Waals surface area contributed by atoms with Crippen molar-refractivity contribution in [2.75, 3.05) is 26.2 Å². The van der Waals surface area contributed by atoms with Gasteiger partial charge in [0.1, 0.15) is 10.6 Å². The second kappa shape index (κ2) is 8.65. The molecule has 0 amide bonds. The standard InChI is InChI=1S/C21H19BrCl2N2O3S/c22-15-11-18(23)21(19(24)12-15)30(28,29)26-9-7-25(8-10-26)13-17-16-4-2-1-3-14(16)5-6-20(17)27/h1-6,11-12,27H,7-10,13H2. The second-order valence-electron chi connectivity index (χ2n) is 7.16. The van der Waals surface area contributed by atoms with Crippen LogP contribution in [0.25, 0.3) is 10.8 Å². The largest absolute Gasteiger partial charge is 0.508 e. The van der Waals surface area contributed by atoms with Crippen molar-refractivity contribution in [3.63, 3.8) is 0 Å². The van der Waals surface area contributed by atoms with E-state index in [1.54, 1.807) is 6.07 Å². The van der Waals surface area contributed by atoms with Crippen molar-refractivity contribution in [3.8, 4) is 5.75 Å². The van der Waals surface area contributed by atoms with Crippen LogP contribution in [-0.4, -0.2) is 48.9 Å². The first-order valence-electron chi connectivity index (χ1n) is 9.34. The van der Waals surface area contributed by atoms with Crippen LogP contribution in [0.1, 0.15) is 5.56 Å². The SMILES string of the molecule is O=S(=O)(c1c(Cl)cc(Br)cc1Cl)N1CCN(Cc2c(O)ccc3ccccc23)CC1. The molecule has 3 aromatic rings. The summed E-state index contributed by atoms with van der Waals surface area (Å²) in [5, 5.41) is 12.6. The lowest BCUT2D eigenvalue weighted by atomic mass is 10.0. The molecule has 0 spiro atoms. The van der Waals surface area contributed by atoms with Crippen LogP contribution >= 0.6 is 39.1 Å². The number of aromatic hydroxyl groups is 1. The maximum Gasteiger partial charge on any atom is 0.246 e. The number of hydrogen-bond acceptors (Lipinski definition) is 4. The van der Waals surface area contributed by atoms with Crippen LogP contribution in [0.2, 0.25) is 10.0 Å². The molecule has 0 aromatic heterocycles. The Bertz CT molecular complexity index is 1190. The molecule has 0 radical (unpaired) electrons. The van der Waals surface area contributed by atoms with E-state index in [9.17, 15) is 13.5 Å². The van der Waals surface area contributed by atoms with E-state index >= 15 is 0 Å². The summed E-state index contributed by atoms with van der Waals surface area (Å²) in [4.78, 5) is 2.08. The average Bonchev–Trinajstić information content (AvgIpc) is 2.69. The number of fused-ring (bicyclic) bond motifs is 1. The van der Waals surface area contributed by atoms with Gasteiger partial charge >= 0.3 is 0 Å². The summed E-state index contributed by atoms with van der Waals surface area (Å²) in [6, 6.07) is 14.6. The van der Waals surface area contributed by atoms with E-state index < -0.39 is 10.0 Å². The first-order chi connectivity index (χ1) is 14.3. The first kappa shape index (κ1) is 21.9. The van der Waals surface area contributed by atoms with Gasteiger partial charge in [0, 0.05) is 42.8 Å². The topological polar surface area (TPSA) is 60.9 Å². The van der Waals surface area contributed by atoms with Gasteiger partial charge < -0.3 is 5.11 Å². The van der Waals surface area contributed by atoms with Crippen LogP contribution in [0, 0.1) is 0 Å². The fraction of sp³-hybridized carbons (Fsp3) is 0.238. The summed E-state index contributed by atoms with van der Waals surface area (Å²) in [5.74, 6) is 0.247. The zero-order valence-electron chi connectivity index (χ0n) is 15.9. The Kier molecular flexibility index (Phi) is 6.30. The molecule has 1 saturated heterocycles. The van der Waals surface area contributed by atoms with Gasteiger partial charge in [-0.25, -0.2) is 8.42 Å². The number of phenolic OH excluding ortho intramolecular Hbond substituents is 1. The van der Waals surface area contributed by atoms with Gasteiger partial charge in [0.2, 0.25) is 10.0 Å². The molecule has 1 aliphatic heterocycles. The van der Waals surface area contributed by atoms with Gasteiger partial charge in [-0.2, -0.15) is 4.31 Å². The van der Waals surface area contributed by atoms with Crippen LogP contribution in [0.3, 0.4) is 0 Å². The molecule has 1 heterocycles. The van der Waals surface area contributed by atoms with Crippen LogP contribution < -0.4 is 0 Å². The maximum absolute atomic E-state index is 13.1. The van der Waals surface area contributed by atoms with Crippen molar-refractivity contribution in [1.82, 2.24) is 9.21 Å². The summed E-state index contributed by atoms with van der Waals surface area (Å²) < 4.78 is 28.3. The normalized spacial score (nSPS) is 16.2. The third-order valence-corrected chi connectivity index (χ3v) is 8.57. The molecule has 5 nitrogen and oxygen atoms in total. The molecule has 0 saturated carbocycles. The van der Waals surface area contributed by atoms with E-state index in [0.29, 0.717) is 37.2 Å². The number of hydrogen-bond donors (Lipinski definition) is 1. The lowest BCUT2D eigenvalue weighted by Gasteiger charge is -2.34. The average molecular weight is 530 g/mol. The van der Waals surface area contributed by atoms with E-state index in [0.717, 1.165) is 16.3 Å². The highest BCUT2D eigenvalue weighted by Gasteiger charge is 2.32. The number of halogens is 3. The number of sulfonamides is 1. The van der Waals surface area contributed by atoms with Crippen molar-refractivity contribution >= 4 is 59.9 Å². The summed E-state index contributed by atoms with van der Waals surface area (Å²) in [6.07, 6.45) is 0. The lowest BCUT2D eigenvalue weighted by Crippen LogP contribution is -2.48. The minimum absolute atomic E-state index is 0.0609. The molecule has 0 bridgehead atoms. The first-order valence-corrected chi connectivity index (χ1v) is 12.3. The highest BCUT2D eigenvalue weighted by atomic mass is 79.9. The number of rotatable bonds is 4. The number of nitrogens with zero attached hydrogens (tertiary/aromatic N) is 2. The molecule has 9 heteroatoms. The third-order valence-electron chi connectivity index (χ3n) is 5.29. The van der Waals surface area contributed by atoms with Gasteiger partial charge in [0.25, 0.3) is 0 Å². The fourth-order valence-corrected chi connectivity index (χ4v) is 7.05. The van der Waals surface area contributed by atoms with Crippen molar-refractivity contribution in [2.45, 2.75) is 11.4 Å². The Morgan fingerprint density at radius 1 is 0.967 bits per heavy atom. The van der Waals surface area contributed by atoms with Gasteiger partial charge in [-0.1, -0.05) is 69.5 Å². The summed E-state index contributed by atoms with van der Waals surface area (Å²) >= 11 is 15.6. The van der Waals surface area contributed by atoms with E-state index in [1.807, 2.05) is 30.3 Å². The smallest absolute Gasteiger partial charge is 0.246 e. The van der Waals surface area contributed by atoms with Crippen LogP contribution in [0.15, 0.2) is 57.9 Å². The molecule has 1 aliphatic rings. The maximum atomic E-state index is 13.1. The van der Waals surface area contributed by atoms with Crippen LogP contribution in [0.5, 0.6) is 5.75 Å². The zero-order chi connectivity index (χ0) is 21.5. The molecule has 1 fully saturated rings. The molecule has 0 unspecified atom stereocenters. The van der Waals surface area contributed by atoms with Crippen LogP contribution in [0.4, 0.5) is 0 Å². The number of benzene rings is 3. The monoisotopic (exact) mass is 528 g/mol. The minimum Gasteiger partial charge on any atom is -0.508 e. The summed E-state index contributed by atoms with van der Waals surface area (Å²) in [6.45, 7) is 2.25. The van der Waals surface area contributed by atoms with E-state index in [-0.39, 0.29) is 20.7 Å². The van der Waals surface area contributed by atoms with Gasteiger partial charge in [-0.3, -0.25) is 4.90 Å². The quantitative estimate of drug-likeness (QED) is 0.509. The van der Waals surface area contributed by atoms with Gasteiger partial charge in [-0.05, 0) is 29.0 Å². The van der Waals surface area contributed by atoms with Crippen molar-refractivity contribution in [1.29, 1.82) is 0 Å². The van der Waals surface area contributed by atoms with Gasteiger partial charge in [-0.15, -0.1) is 0 Å². The molecule has 1 N–H and O–H groups in total. The zero-order valence-corrected chi connectivity index (χ0v) is 19.8. The highest BCUT2D eigenvalue weighted by molar-refractivity contribution is 9.10. The Morgan fingerprint density at radius 3 is 2.27 bits per heavy atom. The Balaban J connectivity index is 1.52. The molecule has 3 aromatic carbocycles.